The molecule has 1 aliphatic rings. The van der Waals surface area contributed by atoms with Gasteiger partial charge < -0.3 is 4.74 Å². The van der Waals surface area contributed by atoms with Crippen LogP contribution in [0.5, 0.6) is 5.75 Å². The average Bonchev–Trinajstić information content (AvgIpc) is 3.11. The number of Topliss-reactive ketones (excluding diaryl/α,β-unsaturated/α-hetero) is 1. The van der Waals surface area contributed by atoms with Gasteiger partial charge in [0, 0.05) is 27.7 Å². The van der Waals surface area contributed by atoms with Crippen LogP contribution in [0.4, 0.5) is 10.5 Å². The molecule has 1 saturated heterocycles. The van der Waals surface area contributed by atoms with Gasteiger partial charge in [-0.05, 0) is 53.7 Å². The Morgan fingerprint density at radius 2 is 1.71 bits per heavy atom. The van der Waals surface area contributed by atoms with E-state index in [2.05, 4.69) is 15.9 Å². The molecule has 1 fully saturated rings. The van der Waals surface area contributed by atoms with Gasteiger partial charge in [-0.2, -0.15) is 0 Å². The van der Waals surface area contributed by atoms with Crippen LogP contribution in [-0.2, 0) is 11.4 Å². The SMILES string of the molecule is O=C(CN1C(=O)S/C(=C\c2ccccc2OCc2ccc([N+](=O)[O-])cc2)C1=O)c1ccc(Br)cc1. The Balaban J connectivity index is 1.47. The van der Waals surface area contributed by atoms with Gasteiger partial charge in [0.2, 0.25) is 0 Å². The van der Waals surface area contributed by atoms with Gasteiger partial charge >= 0.3 is 0 Å². The van der Waals surface area contributed by atoms with Gasteiger partial charge in [0.25, 0.3) is 16.8 Å². The lowest BCUT2D eigenvalue weighted by atomic mass is 10.1. The van der Waals surface area contributed by atoms with Crippen molar-refractivity contribution in [2.24, 2.45) is 0 Å². The molecule has 10 heteroatoms. The number of ketones is 1. The Morgan fingerprint density at radius 3 is 2.40 bits per heavy atom. The Hall–Kier alpha value is -3.76. The van der Waals surface area contributed by atoms with Gasteiger partial charge in [0.05, 0.1) is 16.4 Å². The number of nitrogens with zero attached hydrogens (tertiary/aromatic N) is 2. The third-order valence-electron chi connectivity index (χ3n) is 5.09. The smallest absolute Gasteiger partial charge is 0.293 e. The molecule has 2 amide bonds. The van der Waals surface area contributed by atoms with Crippen molar-refractivity contribution in [3.63, 3.8) is 0 Å². The topological polar surface area (TPSA) is 107 Å². The van der Waals surface area contributed by atoms with Crippen LogP contribution >= 0.6 is 27.7 Å². The lowest BCUT2D eigenvalue weighted by Crippen LogP contribution is -2.33. The number of halogens is 1. The van der Waals surface area contributed by atoms with E-state index in [1.807, 2.05) is 0 Å². The van der Waals surface area contributed by atoms with E-state index in [4.69, 9.17) is 4.74 Å². The molecule has 4 rings (SSSR count). The standard InChI is InChI=1S/C25H17BrN2O6S/c26-19-9-7-17(8-10-19)21(29)14-27-24(30)23(35-25(27)31)13-18-3-1-2-4-22(18)34-15-16-5-11-20(12-6-16)28(32)33/h1-13H,14-15H2/b23-13-. The maximum atomic E-state index is 12.9. The first-order valence-electron chi connectivity index (χ1n) is 10.3. The maximum Gasteiger partial charge on any atom is 0.293 e. The highest BCUT2D eigenvalue weighted by atomic mass is 79.9. The van der Waals surface area contributed by atoms with E-state index in [-0.39, 0.29) is 29.5 Å². The molecule has 0 N–H and O–H groups in total. The molecular weight excluding hydrogens is 536 g/mol. The number of para-hydroxylation sites is 1. The van der Waals surface area contributed by atoms with Crippen molar-refractivity contribution in [3.05, 3.63) is 109 Å². The summed E-state index contributed by atoms with van der Waals surface area (Å²) in [6.07, 6.45) is 1.56. The monoisotopic (exact) mass is 552 g/mol. The summed E-state index contributed by atoms with van der Waals surface area (Å²) in [5.41, 5.74) is 1.71. The quantitative estimate of drug-likeness (QED) is 0.149. The van der Waals surface area contributed by atoms with Crippen LogP contribution in [0.2, 0.25) is 0 Å². The number of non-ortho nitro benzene ring substituents is 1. The zero-order valence-corrected chi connectivity index (χ0v) is 20.5. The number of hydrogen-bond acceptors (Lipinski definition) is 7. The molecule has 0 radical (unpaired) electrons. The van der Waals surface area contributed by atoms with Crippen LogP contribution in [0, 0.1) is 10.1 Å². The van der Waals surface area contributed by atoms with Crippen LogP contribution in [0.3, 0.4) is 0 Å². The van der Waals surface area contributed by atoms with Crippen molar-refractivity contribution in [1.82, 2.24) is 4.90 Å². The molecule has 3 aromatic carbocycles. The molecular formula is C25H17BrN2O6S. The second-order valence-electron chi connectivity index (χ2n) is 7.45. The number of rotatable bonds is 8. The summed E-state index contributed by atoms with van der Waals surface area (Å²) in [5, 5.41) is 10.3. The molecule has 1 heterocycles. The van der Waals surface area contributed by atoms with Crippen molar-refractivity contribution in [3.8, 4) is 5.75 Å². The Morgan fingerprint density at radius 1 is 1.03 bits per heavy atom. The Labute approximate surface area is 212 Å². The number of ether oxygens (including phenoxy) is 1. The Bertz CT molecular complexity index is 1340. The van der Waals surface area contributed by atoms with E-state index in [9.17, 15) is 24.5 Å². The molecule has 0 saturated carbocycles. The van der Waals surface area contributed by atoms with Crippen LogP contribution in [0.1, 0.15) is 21.5 Å². The summed E-state index contributed by atoms with van der Waals surface area (Å²) in [6.45, 7) is -0.187. The van der Waals surface area contributed by atoms with Crippen molar-refractivity contribution in [2.45, 2.75) is 6.61 Å². The summed E-state index contributed by atoms with van der Waals surface area (Å²) < 4.78 is 6.68. The van der Waals surface area contributed by atoms with E-state index in [1.165, 1.54) is 12.1 Å². The number of hydrogen-bond donors (Lipinski definition) is 0. The average molecular weight is 553 g/mol. The predicted octanol–water partition coefficient (Wildman–Crippen LogP) is 5.86. The first kappa shape index (κ1) is 24.4. The molecule has 35 heavy (non-hydrogen) atoms. The maximum absolute atomic E-state index is 12.9. The zero-order valence-electron chi connectivity index (χ0n) is 18.0. The van der Waals surface area contributed by atoms with E-state index in [1.54, 1.807) is 66.7 Å². The third kappa shape index (κ3) is 5.84. The number of carbonyl (C=O) groups is 3. The minimum Gasteiger partial charge on any atom is -0.488 e. The fourth-order valence-electron chi connectivity index (χ4n) is 3.25. The van der Waals surface area contributed by atoms with E-state index in [0.717, 1.165) is 26.7 Å². The van der Waals surface area contributed by atoms with Crippen LogP contribution in [0.15, 0.2) is 82.2 Å². The summed E-state index contributed by atoms with van der Waals surface area (Å²) in [5.74, 6) is -0.410. The van der Waals surface area contributed by atoms with Gasteiger partial charge in [-0.1, -0.05) is 46.3 Å². The molecule has 8 nitrogen and oxygen atoms in total. The fourth-order valence-corrected chi connectivity index (χ4v) is 4.35. The first-order valence-corrected chi connectivity index (χ1v) is 11.9. The number of nitro benzene ring substituents is 1. The summed E-state index contributed by atoms with van der Waals surface area (Å²) in [4.78, 5) is 49.3. The van der Waals surface area contributed by atoms with Crippen LogP contribution in [-0.4, -0.2) is 33.3 Å². The van der Waals surface area contributed by atoms with Gasteiger partial charge in [-0.15, -0.1) is 0 Å². The van der Waals surface area contributed by atoms with Crippen LogP contribution in [0.25, 0.3) is 6.08 Å². The number of imide groups is 1. The molecule has 0 bridgehead atoms. The summed E-state index contributed by atoms with van der Waals surface area (Å²) in [7, 11) is 0. The molecule has 0 aromatic heterocycles. The highest BCUT2D eigenvalue weighted by molar-refractivity contribution is 9.10. The van der Waals surface area contributed by atoms with Gasteiger partial charge in [0.1, 0.15) is 12.4 Å². The van der Waals surface area contributed by atoms with E-state index < -0.39 is 16.1 Å². The normalized spacial score (nSPS) is 14.4. The number of benzene rings is 3. The second kappa shape index (κ2) is 10.7. The molecule has 1 aliphatic heterocycles. The highest BCUT2D eigenvalue weighted by Gasteiger charge is 2.36. The van der Waals surface area contributed by atoms with E-state index >= 15 is 0 Å². The van der Waals surface area contributed by atoms with Gasteiger partial charge in [-0.3, -0.25) is 29.4 Å². The number of thioether (sulfide) groups is 1. The van der Waals surface area contributed by atoms with Gasteiger partial charge in [-0.25, -0.2) is 0 Å². The molecule has 0 spiro atoms. The fraction of sp³-hybridized carbons (Fsp3) is 0.0800. The highest BCUT2D eigenvalue weighted by Crippen LogP contribution is 2.34. The first-order chi connectivity index (χ1) is 16.8. The minimum absolute atomic E-state index is 0.0107. The zero-order chi connectivity index (χ0) is 24.9. The van der Waals surface area contributed by atoms with Crippen LogP contribution < -0.4 is 4.74 Å². The number of nitro groups is 1. The number of carbonyl (C=O) groups excluding carboxylic acids is 3. The lowest BCUT2D eigenvalue weighted by Gasteiger charge is -2.12. The van der Waals surface area contributed by atoms with Crippen molar-refractivity contribution in [1.29, 1.82) is 0 Å². The third-order valence-corrected chi connectivity index (χ3v) is 6.52. The van der Waals surface area contributed by atoms with Gasteiger partial charge in [0.15, 0.2) is 5.78 Å². The lowest BCUT2D eigenvalue weighted by molar-refractivity contribution is -0.384. The molecule has 0 atom stereocenters. The molecule has 0 unspecified atom stereocenters. The second-order valence-corrected chi connectivity index (χ2v) is 9.36. The molecule has 176 valence electrons. The summed E-state index contributed by atoms with van der Waals surface area (Å²) >= 11 is 4.07. The van der Waals surface area contributed by atoms with Crippen molar-refractivity contribution < 1.29 is 24.0 Å². The largest absolute Gasteiger partial charge is 0.488 e. The van der Waals surface area contributed by atoms with Crippen molar-refractivity contribution in [2.75, 3.05) is 6.54 Å². The van der Waals surface area contributed by atoms with E-state index in [0.29, 0.717) is 16.9 Å². The predicted molar refractivity (Wildman–Crippen MR) is 135 cm³/mol. The Kier molecular flexibility index (Phi) is 7.42. The van der Waals surface area contributed by atoms with Crippen molar-refractivity contribution >= 4 is 56.4 Å². The minimum atomic E-state index is -0.546. The number of amides is 2. The molecule has 0 aliphatic carbocycles. The summed E-state index contributed by atoms with van der Waals surface area (Å²) in [6, 6.07) is 19.7. The molecule has 3 aromatic rings.